The van der Waals surface area contributed by atoms with E-state index in [-0.39, 0.29) is 24.4 Å². The minimum absolute atomic E-state index is 0. The van der Waals surface area contributed by atoms with Crippen LogP contribution < -0.4 is 15.4 Å². The predicted molar refractivity (Wildman–Crippen MR) is 84.1 cm³/mol. The molecule has 0 saturated carbocycles. The summed E-state index contributed by atoms with van der Waals surface area (Å²) in [7, 11) is 0. The second kappa shape index (κ2) is 8.22. The highest BCUT2D eigenvalue weighted by molar-refractivity contribution is 5.85. The Labute approximate surface area is 131 Å². The molecule has 21 heavy (non-hydrogen) atoms. The van der Waals surface area contributed by atoms with Crippen molar-refractivity contribution in [3.63, 3.8) is 0 Å². The number of benzene rings is 1. The van der Waals surface area contributed by atoms with E-state index in [0.717, 1.165) is 16.9 Å². The lowest BCUT2D eigenvalue weighted by Gasteiger charge is -2.12. The SMILES string of the molecule is Cc1cc(C)cc(OCCNC(=O)C2CC(O)CN2)c1.Cl. The molecule has 0 spiro atoms. The van der Waals surface area contributed by atoms with Gasteiger partial charge in [0.25, 0.3) is 0 Å². The highest BCUT2D eigenvalue weighted by atomic mass is 35.5. The van der Waals surface area contributed by atoms with Gasteiger partial charge < -0.3 is 20.5 Å². The van der Waals surface area contributed by atoms with E-state index in [9.17, 15) is 9.90 Å². The van der Waals surface area contributed by atoms with E-state index in [2.05, 4.69) is 16.7 Å². The van der Waals surface area contributed by atoms with Crippen molar-refractivity contribution in [3.8, 4) is 5.75 Å². The van der Waals surface area contributed by atoms with Gasteiger partial charge in [0.05, 0.1) is 18.7 Å². The van der Waals surface area contributed by atoms with Crippen LogP contribution in [-0.2, 0) is 4.79 Å². The first-order valence-electron chi connectivity index (χ1n) is 6.95. The highest BCUT2D eigenvalue weighted by Crippen LogP contribution is 2.15. The first-order valence-corrected chi connectivity index (χ1v) is 6.95. The number of halogens is 1. The number of aryl methyl sites for hydroxylation is 2. The molecule has 1 aliphatic heterocycles. The summed E-state index contributed by atoms with van der Waals surface area (Å²) in [5, 5.41) is 15.1. The van der Waals surface area contributed by atoms with Crippen LogP contribution >= 0.6 is 12.4 Å². The first kappa shape index (κ1) is 17.8. The Balaban J connectivity index is 0.00000220. The van der Waals surface area contributed by atoms with Gasteiger partial charge in [-0.15, -0.1) is 12.4 Å². The number of amides is 1. The predicted octanol–water partition coefficient (Wildman–Crippen LogP) is 0.943. The maximum atomic E-state index is 11.8. The number of rotatable bonds is 5. The molecule has 0 aliphatic carbocycles. The monoisotopic (exact) mass is 314 g/mol. The maximum absolute atomic E-state index is 11.8. The molecular weight excluding hydrogens is 292 g/mol. The average Bonchev–Trinajstić information content (AvgIpc) is 2.80. The van der Waals surface area contributed by atoms with Gasteiger partial charge in [-0.3, -0.25) is 4.79 Å². The Kier molecular flexibility index (Phi) is 6.95. The van der Waals surface area contributed by atoms with E-state index >= 15 is 0 Å². The van der Waals surface area contributed by atoms with E-state index in [0.29, 0.717) is 26.1 Å². The largest absolute Gasteiger partial charge is 0.492 e. The topological polar surface area (TPSA) is 70.6 Å². The van der Waals surface area contributed by atoms with Crippen molar-refractivity contribution >= 4 is 18.3 Å². The van der Waals surface area contributed by atoms with Gasteiger partial charge >= 0.3 is 0 Å². The zero-order chi connectivity index (χ0) is 14.5. The first-order chi connectivity index (χ1) is 9.54. The summed E-state index contributed by atoms with van der Waals surface area (Å²) in [6.07, 6.45) is 0.0568. The summed E-state index contributed by atoms with van der Waals surface area (Å²) in [4.78, 5) is 11.8. The number of ether oxygens (including phenoxy) is 1. The second-order valence-corrected chi connectivity index (χ2v) is 5.31. The molecule has 1 saturated heterocycles. The van der Waals surface area contributed by atoms with Gasteiger partial charge in [0.1, 0.15) is 12.4 Å². The Hall–Kier alpha value is -1.30. The minimum atomic E-state index is -0.419. The van der Waals surface area contributed by atoms with Gasteiger partial charge in [-0.1, -0.05) is 6.07 Å². The van der Waals surface area contributed by atoms with E-state index in [4.69, 9.17) is 4.74 Å². The molecule has 6 heteroatoms. The molecule has 1 aliphatic rings. The number of aliphatic hydroxyl groups is 1. The van der Waals surface area contributed by atoms with Gasteiger partial charge in [-0.25, -0.2) is 0 Å². The zero-order valence-electron chi connectivity index (χ0n) is 12.4. The van der Waals surface area contributed by atoms with Crippen LogP contribution in [0.2, 0.25) is 0 Å². The highest BCUT2D eigenvalue weighted by Gasteiger charge is 2.27. The quantitative estimate of drug-likeness (QED) is 0.708. The van der Waals surface area contributed by atoms with Crippen molar-refractivity contribution in [2.75, 3.05) is 19.7 Å². The van der Waals surface area contributed by atoms with E-state index in [1.165, 1.54) is 0 Å². The molecule has 0 bridgehead atoms. The molecule has 0 aromatic heterocycles. The molecule has 2 atom stereocenters. The van der Waals surface area contributed by atoms with Crippen molar-refractivity contribution < 1.29 is 14.6 Å². The third-order valence-corrected chi connectivity index (χ3v) is 3.29. The molecule has 118 valence electrons. The van der Waals surface area contributed by atoms with E-state index in [1.54, 1.807) is 0 Å². The summed E-state index contributed by atoms with van der Waals surface area (Å²) in [5.74, 6) is 0.747. The second-order valence-electron chi connectivity index (χ2n) is 5.31. The Morgan fingerprint density at radius 3 is 2.62 bits per heavy atom. The number of hydrogen-bond donors (Lipinski definition) is 3. The Bertz CT molecular complexity index is 462. The molecule has 1 amide bonds. The molecule has 2 rings (SSSR count). The zero-order valence-corrected chi connectivity index (χ0v) is 13.2. The molecule has 1 aromatic carbocycles. The summed E-state index contributed by atoms with van der Waals surface area (Å²) < 4.78 is 5.62. The number of carbonyl (C=O) groups excluding carboxylic acids is 1. The van der Waals surface area contributed by atoms with Crippen molar-refractivity contribution in [1.29, 1.82) is 0 Å². The molecule has 1 aromatic rings. The van der Waals surface area contributed by atoms with Crippen LogP contribution in [0, 0.1) is 13.8 Å². The number of aliphatic hydroxyl groups excluding tert-OH is 1. The lowest BCUT2D eigenvalue weighted by molar-refractivity contribution is -0.123. The molecule has 2 unspecified atom stereocenters. The number of nitrogens with one attached hydrogen (secondary N) is 2. The summed E-state index contributed by atoms with van der Waals surface area (Å²) in [6.45, 7) is 5.43. The van der Waals surface area contributed by atoms with Crippen LogP contribution in [0.1, 0.15) is 17.5 Å². The fraction of sp³-hybridized carbons (Fsp3) is 0.533. The van der Waals surface area contributed by atoms with Crippen LogP contribution in [-0.4, -0.2) is 42.9 Å². The van der Waals surface area contributed by atoms with E-state index in [1.807, 2.05) is 26.0 Å². The smallest absolute Gasteiger partial charge is 0.237 e. The Morgan fingerprint density at radius 1 is 1.38 bits per heavy atom. The molecule has 1 fully saturated rings. The summed E-state index contributed by atoms with van der Waals surface area (Å²) in [6, 6.07) is 5.75. The molecule has 1 heterocycles. The van der Waals surface area contributed by atoms with Crippen molar-refractivity contribution in [1.82, 2.24) is 10.6 Å². The fourth-order valence-corrected chi connectivity index (χ4v) is 2.40. The number of hydrogen-bond acceptors (Lipinski definition) is 4. The van der Waals surface area contributed by atoms with Crippen molar-refractivity contribution in [3.05, 3.63) is 29.3 Å². The van der Waals surface area contributed by atoms with Gasteiger partial charge in [-0.05, 0) is 43.5 Å². The molecular formula is C15H23ClN2O3. The van der Waals surface area contributed by atoms with Gasteiger partial charge in [0.15, 0.2) is 0 Å². The lowest BCUT2D eigenvalue weighted by Crippen LogP contribution is -2.41. The molecule has 0 radical (unpaired) electrons. The van der Waals surface area contributed by atoms with Crippen LogP contribution in [0.15, 0.2) is 18.2 Å². The fourth-order valence-electron chi connectivity index (χ4n) is 2.40. The third kappa shape index (κ3) is 5.53. The van der Waals surface area contributed by atoms with Gasteiger partial charge in [-0.2, -0.15) is 0 Å². The van der Waals surface area contributed by atoms with Crippen molar-refractivity contribution in [2.45, 2.75) is 32.4 Å². The van der Waals surface area contributed by atoms with Crippen LogP contribution in [0.5, 0.6) is 5.75 Å². The maximum Gasteiger partial charge on any atom is 0.237 e. The summed E-state index contributed by atoms with van der Waals surface area (Å²) in [5.41, 5.74) is 2.32. The minimum Gasteiger partial charge on any atom is -0.492 e. The van der Waals surface area contributed by atoms with Gasteiger partial charge in [0, 0.05) is 6.54 Å². The molecule has 5 nitrogen and oxygen atoms in total. The van der Waals surface area contributed by atoms with Crippen LogP contribution in [0.4, 0.5) is 0 Å². The van der Waals surface area contributed by atoms with Crippen LogP contribution in [0.3, 0.4) is 0 Å². The lowest BCUT2D eigenvalue weighted by atomic mass is 10.1. The average molecular weight is 315 g/mol. The standard InChI is InChI=1S/C15H22N2O3.ClH/c1-10-5-11(2)7-13(6-10)20-4-3-16-15(19)14-8-12(18)9-17-14;/h5-7,12,14,17-18H,3-4,8-9H2,1-2H3,(H,16,19);1H. The van der Waals surface area contributed by atoms with Crippen molar-refractivity contribution in [2.24, 2.45) is 0 Å². The normalized spacial score (nSPS) is 20.7. The van der Waals surface area contributed by atoms with Gasteiger partial charge in [0.2, 0.25) is 5.91 Å². The molecule has 3 N–H and O–H groups in total. The third-order valence-electron chi connectivity index (χ3n) is 3.29. The number of β-amino-alcohol motifs (C(OH)–C–C–N with tert-alkyl or cyclic N) is 1. The van der Waals surface area contributed by atoms with Crippen LogP contribution in [0.25, 0.3) is 0 Å². The summed E-state index contributed by atoms with van der Waals surface area (Å²) >= 11 is 0. The Morgan fingerprint density at radius 2 is 2.05 bits per heavy atom. The number of carbonyl (C=O) groups is 1. The van der Waals surface area contributed by atoms with E-state index < -0.39 is 6.10 Å².